The fourth-order valence-corrected chi connectivity index (χ4v) is 5.99. The number of methoxy groups -OCH3 is 1. The second kappa shape index (κ2) is 3.02. The van der Waals surface area contributed by atoms with Crippen LogP contribution in [0.25, 0.3) is 0 Å². The molecule has 0 saturated heterocycles. The molecule has 4 rings (SSSR count). The zero-order valence-electron chi connectivity index (χ0n) is 9.89. The Labute approximate surface area is 96.7 Å². The van der Waals surface area contributed by atoms with Crippen molar-refractivity contribution < 1.29 is 9.53 Å². The Kier molecular flexibility index (Phi) is 1.79. The lowest BCUT2D eigenvalue weighted by Crippen LogP contribution is -2.36. The number of fused-ring (bicyclic) bond motifs is 9. The molecule has 4 aliphatic rings. The Hall–Kier alpha value is -0.530. The normalized spacial score (nSPS) is 56.7. The van der Waals surface area contributed by atoms with Crippen molar-refractivity contribution in [3.63, 3.8) is 0 Å². The van der Waals surface area contributed by atoms with E-state index in [1.807, 2.05) is 0 Å². The van der Waals surface area contributed by atoms with Crippen molar-refractivity contribution in [3.8, 4) is 0 Å². The zero-order valence-corrected chi connectivity index (χ0v) is 9.89. The minimum absolute atomic E-state index is 0.0775. The third-order valence-corrected chi connectivity index (χ3v) is 6.24. The largest absolute Gasteiger partial charge is 0.469 e. The van der Waals surface area contributed by atoms with Gasteiger partial charge < -0.3 is 4.74 Å². The summed E-state index contributed by atoms with van der Waals surface area (Å²) in [5.74, 6) is 5.81. The number of esters is 1. The van der Waals surface area contributed by atoms with Crippen LogP contribution < -0.4 is 0 Å². The first-order valence-corrected chi connectivity index (χ1v) is 6.87. The molecule has 0 aromatic heterocycles. The summed E-state index contributed by atoms with van der Waals surface area (Å²) >= 11 is 0. The summed E-state index contributed by atoms with van der Waals surface area (Å²) in [6, 6.07) is 0. The van der Waals surface area contributed by atoms with Crippen molar-refractivity contribution in [2.24, 2.45) is 41.4 Å². The minimum Gasteiger partial charge on any atom is -0.469 e. The van der Waals surface area contributed by atoms with Gasteiger partial charge in [-0.05, 0) is 67.6 Å². The fourth-order valence-electron chi connectivity index (χ4n) is 5.99. The molecule has 0 N–H and O–H groups in total. The van der Waals surface area contributed by atoms with Gasteiger partial charge in [-0.25, -0.2) is 0 Å². The van der Waals surface area contributed by atoms with Crippen LogP contribution in [0.5, 0.6) is 0 Å². The van der Waals surface area contributed by atoms with E-state index >= 15 is 0 Å². The van der Waals surface area contributed by atoms with Crippen LogP contribution >= 0.6 is 0 Å². The van der Waals surface area contributed by atoms with E-state index in [0.29, 0.717) is 5.92 Å². The molecule has 0 amide bonds. The number of carbonyl (C=O) groups excluding carboxylic acids is 1. The molecule has 0 heterocycles. The topological polar surface area (TPSA) is 26.3 Å². The Bertz CT molecular complexity index is 338. The molecule has 4 aliphatic carbocycles. The number of ether oxygens (including phenoxy) is 1. The number of hydrogen-bond acceptors (Lipinski definition) is 2. The molecule has 0 radical (unpaired) electrons. The summed E-state index contributed by atoms with van der Waals surface area (Å²) < 4.78 is 4.98. The van der Waals surface area contributed by atoms with Crippen LogP contribution in [0.4, 0.5) is 0 Å². The Balaban J connectivity index is 1.63. The third-order valence-electron chi connectivity index (χ3n) is 6.24. The zero-order chi connectivity index (χ0) is 10.9. The maximum Gasteiger partial charge on any atom is 0.308 e. The van der Waals surface area contributed by atoms with Gasteiger partial charge in [0.25, 0.3) is 0 Å². The lowest BCUT2D eigenvalue weighted by Gasteiger charge is -2.37. The quantitative estimate of drug-likeness (QED) is 0.501. The number of hydrogen-bond donors (Lipinski definition) is 0. The predicted molar refractivity (Wildman–Crippen MR) is 59.5 cm³/mol. The Morgan fingerprint density at radius 2 is 1.75 bits per heavy atom. The first kappa shape index (κ1) is 9.49. The van der Waals surface area contributed by atoms with Crippen LogP contribution in [-0.2, 0) is 9.53 Å². The molecular formula is C14H20O2. The van der Waals surface area contributed by atoms with E-state index in [1.165, 1.54) is 25.7 Å². The average Bonchev–Trinajstić information content (AvgIpc) is 3.03. The lowest BCUT2D eigenvalue weighted by molar-refractivity contribution is -0.149. The van der Waals surface area contributed by atoms with Gasteiger partial charge in [0.1, 0.15) is 0 Å². The van der Waals surface area contributed by atoms with Gasteiger partial charge in [-0.3, -0.25) is 4.79 Å². The highest BCUT2D eigenvalue weighted by Gasteiger charge is 2.63. The van der Waals surface area contributed by atoms with E-state index in [4.69, 9.17) is 4.74 Å². The molecule has 0 aromatic carbocycles. The maximum atomic E-state index is 11.8. The number of carbonyl (C=O) groups is 1. The van der Waals surface area contributed by atoms with Crippen molar-refractivity contribution in [2.75, 3.05) is 7.11 Å². The van der Waals surface area contributed by atoms with E-state index in [0.717, 1.165) is 36.0 Å². The number of rotatable bonds is 1. The van der Waals surface area contributed by atoms with Crippen LogP contribution in [0.2, 0.25) is 0 Å². The van der Waals surface area contributed by atoms with Gasteiger partial charge in [0, 0.05) is 0 Å². The lowest BCUT2D eigenvalue weighted by atomic mass is 9.67. The summed E-state index contributed by atoms with van der Waals surface area (Å²) in [5, 5.41) is 0. The first-order valence-electron chi connectivity index (χ1n) is 6.87. The van der Waals surface area contributed by atoms with E-state index < -0.39 is 0 Å². The molecule has 7 atom stereocenters. The molecule has 0 aliphatic heterocycles. The molecule has 16 heavy (non-hydrogen) atoms. The maximum absolute atomic E-state index is 11.8. The van der Waals surface area contributed by atoms with Gasteiger partial charge in [-0.15, -0.1) is 0 Å². The summed E-state index contributed by atoms with van der Waals surface area (Å²) in [7, 11) is 1.55. The van der Waals surface area contributed by atoms with Gasteiger partial charge in [-0.2, -0.15) is 0 Å². The minimum atomic E-state index is 0.0775. The van der Waals surface area contributed by atoms with Gasteiger partial charge in [0.15, 0.2) is 0 Å². The molecule has 0 aromatic rings. The second-order valence-electron chi connectivity index (χ2n) is 6.51. The molecule has 4 bridgehead atoms. The average molecular weight is 220 g/mol. The van der Waals surface area contributed by atoms with Crippen LogP contribution in [0.1, 0.15) is 32.1 Å². The fraction of sp³-hybridized carbons (Fsp3) is 0.929. The standard InChI is InChI=1S/C14H20O2/c1-16-14(15)11-6-9-5-10(11)13-8-3-2-7(4-8)12(9)13/h7-13H,2-6H2,1H3/t7?,8-,9?,10?,11?,12?,13?/m1/s1. The molecule has 0 spiro atoms. The summed E-state index contributed by atoms with van der Waals surface area (Å²) in [6.45, 7) is 0. The first-order chi connectivity index (χ1) is 7.79. The van der Waals surface area contributed by atoms with Crippen molar-refractivity contribution in [1.29, 1.82) is 0 Å². The summed E-state index contributed by atoms with van der Waals surface area (Å²) in [5.41, 5.74) is 0. The molecule has 2 nitrogen and oxygen atoms in total. The van der Waals surface area contributed by atoms with Crippen LogP contribution in [0.15, 0.2) is 0 Å². The molecular weight excluding hydrogens is 200 g/mol. The van der Waals surface area contributed by atoms with Crippen molar-refractivity contribution in [2.45, 2.75) is 32.1 Å². The van der Waals surface area contributed by atoms with Crippen LogP contribution in [0, 0.1) is 41.4 Å². The van der Waals surface area contributed by atoms with E-state index in [-0.39, 0.29) is 11.9 Å². The molecule has 88 valence electrons. The summed E-state index contributed by atoms with van der Waals surface area (Å²) in [6.07, 6.45) is 6.89. The van der Waals surface area contributed by atoms with E-state index in [1.54, 1.807) is 7.11 Å². The Morgan fingerprint density at radius 3 is 2.50 bits per heavy atom. The van der Waals surface area contributed by atoms with E-state index in [9.17, 15) is 4.79 Å². The monoisotopic (exact) mass is 220 g/mol. The highest BCUT2D eigenvalue weighted by molar-refractivity contribution is 5.73. The third kappa shape index (κ3) is 0.970. The van der Waals surface area contributed by atoms with Crippen molar-refractivity contribution in [3.05, 3.63) is 0 Å². The highest BCUT2D eigenvalue weighted by Crippen LogP contribution is 2.68. The predicted octanol–water partition coefficient (Wildman–Crippen LogP) is 2.48. The van der Waals surface area contributed by atoms with Gasteiger partial charge in [0.2, 0.25) is 0 Å². The van der Waals surface area contributed by atoms with Crippen LogP contribution in [0.3, 0.4) is 0 Å². The van der Waals surface area contributed by atoms with Gasteiger partial charge >= 0.3 is 5.97 Å². The molecule has 2 heteroatoms. The van der Waals surface area contributed by atoms with Crippen LogP contribution in [-0.4, -0.2) is 13.1 Å². The Morgan fingerprint density at radius 1 is 1.00 bits per heavy atom. The second-order valence-corrected chi connectivity index (χ2v) is 6.51. The molecule has 4 fully saturated rings. The van der Waals surface area contributed by atoms with Gasteiger partial charge in [-0.1, -0.05) is 0 Å². The summed E-state index contributed by atoms with van der Waals surface area (Å²) in [4.78, 5) is 11.8. The highest BCUT2D eigenvalue weighted by atomic mass is 16.5. The van der Waals surface area contributed by atoms with Crippen molar-refractivity contribution >= 4 is 5.97 Å². The molecule has 4 saturated carbocycles. The smallest absolute Gasteiger partial charge is 0.308 e. The SMILES string of the molecule is COC(=O)C1CC2CC1C1C2C2CC[C@@H]1C2. The van der Waals surface area contributed by atoms with Gasteiger partial charge in [0.05, 0.1) is 13.0 Å². The van der Waals surface area contributed by atoms with Crippen molar-refractivity contribution in [1.82, 2.24) is 0 Å². The molecule has 6 unspecified atom stereocenters. The van der Waals surface area contributed by atoms with E-state index in [2.05, 4.69) is 0 Å².